The summed E-state index contributed by atoms with van der Waals surface area (Å²) < 4.78 is 4.69. The fraction of sp³-hybridized carbons (Fsp3) is 0.231. The number of carbonyl (C=O) groups excluding carboxylic acids is 1. The molecule has 0 aliphatic heterocycles. The Hall–Kier alpha value is -3.10. The molecule has 0 heterocycles. The van der Waals surface area contributed by atoms with Crippen LogP contribution in [0.15, 0.2) is 39.6 Å². The van der Waals surface area contributed by atoms with Gasteiger partial charge in [0, 0.05) is 12.1 Å². The van der Waals surface area contributed by atoms with Gasteiger partial charge in [0.05, 0.1) is 23.5 Å². The van der Waals surface area contributed by atoms with Crippen molar-refractivity contribution in [2.45, 2.75) is 13.8 Å². The fourth-order valence-electron chi connectivity index (χ4n) is 1.37. The molecule has 0 aliphatic rings. The number of non-ortho nitro benzene ring substituents is 1. The van der Waals surface area contributed by atoms with E-state index in [1.165, 1.54) is 37.4 Å². The third-order valence-corrected chi connectivity index (χ3v) is 2.43. The summed E-state index contributed by atoms with van der Waals surface area (Å²) in [7, 11) is 0. The monoisotopic (exact) mass is 306 g/mol. The molecule has 0 saturated heterocycles. The van der Waals surface area contributed by atoms with E-state index < -0.39 is 10.9 Å². The standard InChI is InChI=1S/C13H14N4O5/c1-3-22-13(18)12(16-19)9(2)15-14-8-10-4-6-11(7-5-10)17(20)21/h4-8,19H,3H2,1-2H3/b14-8+,15-9-,16-12-. The lowest BCUT2D eigenvalue weighted by Crippen LogP contribution is -2.24. The molecule has 1 rings (SSSR count). The highest BCUT2D eigenvalue weighted by Crippen LogP contribution is 2.10. The number of nitro groups is 1. The summed E-state index contributed by atoms with van der Waals surface area (Å²) in [5.41, 5.74) is 0.274. The first-order valence-corrected chi connectivity index (χ1v) is 6.21. The second-order valence-corrected chi connectivity index (χ2v) is 3.95. The van der Waals surface area contributed by atoms with Crippen molar-refractivity contribution in [2.24, 2.45) is 15.4 Å². The van der Waals surface area contributed by atoms with Gasteiger partial charge in [-0.15, -0.1) is 0 Å². The maximum absolute atomic E-state index is 11.4. The molecule has 0 aromatic heterocycles. The summed E-state index contributed by atoms with van der Waals surface area (Å²) in [6.07, 6.45) is 1.34. The van der Waals surface area contributed by atoms with Crippen LogP contribution in [0.25, 0.3) is 0 Å². The number of esters is 1. The minimum atomic E-state index is -0.809. The topological polar surface area (TPSA) is 127 Å². The number of carbonyl (C=O) groups is 1. The Balaban J connectivity index is 2.81. The normalized spacial score (nSPS) is 12.5. The molecule has 1 aromatic carbocycles. The molecular weight excluding hydrogens is 292 g/mol. The number of nitro benzene ring substituents is 1. The Kier molecular flexibility index (Phi) is 6.35. The largest absolute Gasteiger partial charge is 0.461 e. The molecule has 0 unspecified atom stereocenters. The molecule has 9 nitrogen and oxygen atoms in total. The summed E-state index contributed by atoms with van der Waals surface area (Å²) in [5, 5.41) is 29.6. The minimum absolute atomic E-state index is 0.0335. The van der Waals surface area contributed by atoms with E-state index in [-0.39, 0.29) is 23.7 Å². The number of rotatable bonds is 6. The fourth-order valence-corrected chi connectivity index (χ4v) is 1.37. The van der Waals surface area contributed by atoms with Gasteiger partial charge in [-0.25, -0.2) is 4.79 Å². The molecule has 0 aliphatic carbocycles. The smallest absolute Gasteiger partial charge is 0.362 e. The lowest BCUT2D eigenvalue weighted by Gasteiger charge is -2.01. The number of hydrogen-bond acceptors (Lipinski definition) is 8. The van der Waals surface area contributed by atoms with E-state index in [1.54, 1.807) is 6.92 Å². The molecular formula is C13H14N4O5. The minimum Gasteiger partial charge on any atom is -0.461 e. The van der Waals surface area contributed by atoms with E-state index in [1.807, 2.05) is 0 Å². The molecule has 0 radical (unpaired) electrons. The summed E-state index contributed by atoms with van der Waals surface area (Å²) >= 11 is 0. The second kappa shape index (κ2) is 8.25. The Labute approximate surface area is 125 Å². The molecule has 1 aromatic rings. The molecule has 1 N–H and O–H groups in total. The van der Waals surface area contributed by atoms with Crippen molar-refractivity contribution in [2.75, 3.05) is 6.61 Å². The SMILES string of the molecule is CCOC(=O)C(=N\O)/C(C)=N\N=C\c1ccc([N+](=O)[O-])cc1. The van der Waals surface area contributed by atoms with Crippen molar-refractivity contribution in [1.29, 1.82) is 0 Å². The van der Waals surface area contributed by atoms with Crippen molar-refractivity contribution < 1.29 is 19.7 Å². The molecule has 0 fully saturated rings. The summed E-state index contributed by atoms with van der Waals surface area (Å²) in [5.74, 6) is -0.809. The predicted molar refractivity (Wildman–Crippen MR) is 79.7 cm³/mol. The average molecular weight is 306 g/mol. The van der Waals surface area contributed by atoms with Gasteiger partial charge in [-0.2, -0.15) is 10.2 Å². The molecule has 0 amide bonds. The van der Waals surface area contributed by atoms with Crippen molar-refractivity contribution in [3.63, 3.8) is 0 Å². The summed E-state index contributed by atoms with van der Waals surface area (Å²) in [6, 6.07) is 5.66. The Morgan fingerprint density at radius 1 is 1.41 bits per heavy atom. The van der Waals surface area contributed by atoms with Crippen LogP contribution >= 0.6 is 0 Å². The first-order chi connectivity index (χ1) is 10.5. The predicted octanol–water partition coefficient (Wildman–Crippen LogP) is 1.78. The van der Waals surface area contributed by atoms with E-state index in [9.17, 15) is 14.9 Å². The molecule has 9 heteroatoms. The second-order valence-electron chi connectivity index (χ2n) is 3.95. The van der Waals surface area contributed by atoms with Crippen molar-refractivity contribution >= 4 is 29.3 Å². The van der Waals surface area contributed by atoms with E-state index in [4.69, 9.17) is 5.21 Å². The number of oxime groups is 1. The van der Waals surface area contributed by atoms with Gasteiger partial charge in [-0.1, -0.05) is 5.16 Å². The third-order valence-electron chi connectivity index (χ3n) is 2.43. The van der Waals surface area contributed by atoms with Gasteiger partial charge in [0.2, 0.25) is 5.71 Å². The molecule has 0 atom stereocenters. The molecule has 0 bridgehead atoms. The van der Waals surface area contributed by atoms with E-state index >= 15 is 0 Å². The van der Waals surface area contributed by atoms with E-state index in [2.05, 4.69) is 20.1 Å². The van der Waals surface area contributed by atoms with E-state index in [0.717, 1.165) is 0 Å². The summed E-state index contributed by atoms with van der Waals surface area (Å²) in [6.45, 7) is 3.18. The average Bonchev–Trinajstić information content (AvgIpc) is 2.48. The zero-order chi connectivity index (χ0) is 16.5. The maximum Gasteiger partial charge on any atom is 0.362 e. The number of nitrogens with zero attached hydrogens (tertiary/aromatic N) is 4. The molecule has 0 saturated carbocycles. The Bertz CT molecular complexity index is 634. The Morgan fingerprint density at radius 2 is 2.05 bits per heavy atom. The third kappa shape index (κ3) is 4.78. The van der Waals surface area contributed by atoms with Gasteiger partial charge in [-0.3, -0.25) is 10.1 Å². The summed E-state index contributed by atoms with van der Waals surface area (Å²) in [4.78, 5) is 21.4. The van der Waals surface area contributed by atoms with Crippen molar-refractivity contribution in [1.82, 2.24) is 0 Å². The molecule has 22 heavy (non-hydrogen) atoms. The molecule has 116 valence electrons. The number of hydrogen-bond donors (Lipinski definition) is 1. The zero-order valence-electron chi connectivity index (χ0n) is 12.0. The Morgan fingerprint density at radius 3 is 2.55 bits per heavy atom. The highest BCUT2D eigenvalue weighted by atomic mass is 16.6. The van der Waals surface area contributed by atoms with Crippen LogP contribution in [0.2, 0.25) is 0 Å². The van der Waals surface area contributed by atoms with Gasteiger partial charge >= 0.3 is 5.97 Å². The highest BCUT2D eigenvalue weighted by Gasteiger charge is 2.16. The van der Waals surface area contributed by atoms with Crippen molar-refractivity contribution in [3.8, 4) is 0 Å². The van der Waals surface area contributed by atoms with Crippen LogP contribution in [0, 0.1) is 10.1 Å². The number of ether oxygens (including phenoxy) is 1. The quantitative estimate of drug-likeness (QED) is 0.282. The molecule has 0 spiro atoms. The van der Waals surface area contributed by atoms with Crippen LogP contribution in [-0.2, 0) is 9.53 Å². The van der Waals surface area contributed by atoms with Crippen LogP contribution in [0.4, 0.5) is 5.69 Å². The van der Waals surface area contributed by atoms with Gasteiger partial charge < -0.3 is 9.94 Å². The van der Waals surface area contributed by atoms with Crippen LogP contribution in [0.5, 0.6) is 0 Å². The zero-order valence-corrected chi connectivity index (χ0v) is 12.0. The van der Waals surface area contributed by atoms with Crippen LogP contribution in [0.3, 0.4) is 0 Å². The lowest BCUT2D eigenvalue weighted by molar-refractivity contribution is -0.384. The maximum atomic E-state index is 11.4. The van der Waals surface area contributed by atoms with Crippen LogP contribution in [0.1, 0.15) is 19.4 Å². The van der Waals surface area contributed by atoms with E-state index in [0.29, 0.717) is 5.56 Å². The van der Waals surface area contributed by atoms with Gasteiger partial charge in [-0.05, 0) is 31.5 Å². The van der Waals surface area contributed by atoms with Crippen molar-refractivity contribution in [3.05, 3.63) is 39.9 Å². The highest BCUT2D eigenvalue weighted by molar-refractivity contribution is 6.65. The van der Waals surface area contributed by atoms with Gasteiger partial charge in [0.25, 0.3) is 5.69 Å². The lowest BCUT2D eigenvalue weighted by atomic mass is 10.2. The first-order valence-electron chi connectivity index (χ1n) is 6.21. The van der Waals surface area contributed by atoms with Gasteiger partial charge in [0.1, 0.15) is 0 Å². The van der Waals surface area contributed by atoms with Gasteiger partial charge in [0.15, 0.2) is 0 Å². The van der Waals surface area contributed by atoms with Crippen LogP contribution in [-0.4, -0.2) is 40.3 Å². The number of benzene rings is 1. The first kappa shape index (κ1) is 17.0. The van der Waals surface area contributed by atoms with Crippen LogP contribution < -0.4 is 0 Å².